The second-order valence-electron chi connectivity index (χ2n) is 15.6. The van der Waals surface area contributed by atoms with Crippen molar-refractivity contribution in [2.45, 2.75) is 26.9 Å². The standard InChI is InChI=1S/C54H40N6/c1-3-57-51-19-11-7-15-45(51)55-53(57)35-21-27-39(28-22-35)59-47-17-9-5-13-41(47)43-33-37(25-31-49(43)59)38-26-32-50-44(34-38)42-14-6-10-18-48(42)60(50)40-29-23-36(24-30-40)54-56-46-16-8-12-20-52(46)58(54)4-2/h5-34H,3-4H2,1-2H3. The third-order valence-electron chi connectivity index (χ3n) is 12.4. The summed E-state index contributed by atoms with van der Waals surface area (Å²) >= 11 is 0. The smallest absolute Gasteiger partial charge is 0.141 e. The van der Waals surface area contributed by atoms with Crippen LogP contribution < -0.4 is 0 Å². The van der Waals surface area contributed by atoms with Crippen LogP contribution in [0.4, 0.5) is 0 Å². The topological polar surface area (TPSA) is 45.5 Å². The Kier molecular flexibility index (Phi) is 7.69. The molecule has 0 amide bonds. The minimum absolute atomic E-state index is 0.862. The first kappa shape index (κ1) is 34.4. The molecular formula is C54H40N6. The first-order valence-corrected chi connectivity index (χ1v) is 20.9. The molecule has 12 aromatic rings. The van der Waals surface area contributed by atoms with E-state index in [1.165, 1.54) is 65.8 Å². The summed E-state index contributed by atoms with van der Waals surface area (Å²) in [5.41, 5.74) is 16.0. The van der Waals surface area contributed by atoms with Gasteiger partial charge in [0.25, 0.3) is 0 Å². The van der Waals surface area contributed by atoms with Crippen molar-refractivity contribution in [3.05, 3.63) is 182 Å². The highest BCUT2D eigenvalue weighted by molar-refractivity contribution is 6.12. The van der Waals surface area contributed by atoms with Gasteiger partial charge >= 0.3 is 0 Å². The molecule has 6 nitrogen and oxygen atoms in total. The number of para-hydroxylation sites is 6. The molecule has 12 rings (SSSR count). The molecule has 0 aliphatic heterocycles. The van der Waals surface area contributed by atoms with Gasteiger partial charge in [0.1, 0.15) is 11.6 Å². The van der Waals surface area contributed by atoms with E-state index in [1.54, 1.807) is 0 Å². The number of nitrogens with zero attached hydrogens (tertiary/aromatic N) is 6. The van der Waals surface area contributed by atoms with Crippen molar-refractivity contribution in [1.29, 1.82) is 0 Å². The summed E-state index contributed by atoms with van der Waals surface area (Å²) in [5.74, 6) is 2.00. The number of hydrogen-bond acceptors (Lipinski definition) is 2. The van der Waals surface area contributed by atoms with E-state index in [2.05, 4.69) is 214 Å². The Morgan fingerprint density at radius 3 is 1.10 bits per heavy atom. The van der Waals surface area contributed by atoms with Gasteiger partial charge in [-0.15, -0.1) is 0 Å². The maximum absolute atomic E-state index is 5.01. The van der Waals surface area contributed by atoms with E-state index in [1.807, 2.05) is 0 Å². The normalized spacial score (nSPS) is 12.0. The summed E-state index contributed by atoms with van der Waals surface area (Å²) in [4.78, 5) is 10.0. The van der Waals surface area contributed by atoms with Crippen LogP contribution in [0, 0.1) is 0 Å². The number of fused-ring (bicyclic) bond motifs is 8. The molecule has 8 aromatic carbocycles. The van der Waals surface area contributed by atoms with Crippen molar-refractivity contribution in [2.75, 3.05) is 0 Å². The molecule has 0 atom stereocenters. The Morgan fingerprint density at radius 2 is 0.683 bits per heavy atom. The zero-order valence-electron chi connectivity index (χ0n) is 33.4. The Bertz CT molecular complexity index is 3370. The van der Waals surface area contributed by atoms with Crippen LogP contribution in [0.3, 0.4) is 0 Å². The quantitative estimate of drug-likeness (QED) is 0.162. The van der Waals surface area contributed by atoms with Gasteiger partial charge in [-0.2, -0.15) is 0 Å². The maximum atomic E-state index is 5.01. The van der Waals surface area contributed by atoms with Crippen LogP contribution in [0.1, 0.15) is 13.8 Å². The molecule has 0 unspecified atom stereocenters. The first-order chi connectivity index (χ1) is 29.7. The molecule has 60 heavy (non-hydrogen) atoms. The molecule has 0 saturated carbocycles. The Balaban J connectivity index is 0.933. The van der Waals surface area contributed by atoms with E-state index >= 15 is 0 Å². The summed E-state index contributed by atoms with van der Waals surface area (Å²) in [6.07, 6.45) is 0. The van der Waals surface area contributed by atoms with Crippen molar-refractivity contribution in [2.24, 2.45) is 0 Å². The monoisotopic (exact) mass is 772 g/mol. The predicted molar refractivity (Wildman–Crippen MR) is 249 cm³/mol. The van der Waals surface area contributed by atoms with Crippen molar-refractivity contribution in [3.63, 3.8) is 0 Å². The average molecular weight is 773 g/mol. The van der Waals surface area contributed by atoms with Crippen LogP contribution in [0.15, 0.2) is 182 Å². The molecule has 286 valence electrons. The highest BCUT2D eigenvalue weighted by Gasteiger charge is 2.18. The lowest BCUT2D eigenvalue weighted by Gasteiger charge is -2.11. The second-order valence-corrected chi connectivity index (χ2v) is 15.6. The highest BCUT2D eigenvalue weighted by Crippen LogP contribution is 2.39. The fourth-order valence-corrected chi connectivity index (χ4v) is 9.61. The lowest BCUT2D eigenvalue weighted by molar-refractivity contribution is 0.796. The van der Waals surface area contributed by atoms with E-state index in [0.717, 1.165) is 58.3 Å². The van der Waals surface area contributed by atoms with Gasteiger partial charge in [-0.25, -0.2) is 9.97 Å². The Morgan fingerprint density at radius 1 is 0.333 bits per heavy atom. The van der Waals surface area contributed by atoms with Crippen LogP contribution in [-0.2, 0) is 13.1 Å². The fraction of sp³-hybridized carbons (Fsp3) is 0.0741. The number of aryl methyl sites for hydroxylation is 2. The minimum atomic E-state index is 0.862. The molecular weight excluding hydrogens is 733 g/mol. The molecule has 0 aliphatic carbocycles. The molecule has 0 aliphatic rings. The van der Waals surface area contributed by atoms with E-state index in [9.17, 15) is 0 Å². The van der Waals surface area contributed by atoms with E-state index in [0.29, 0.717) is 0 Å². The minimum Gasteiger partial charge on any atom is -0.324 e. The zero-order chi connectivity index (χ0) is 39.9. The van der Waals surface area contributed by atoms with Crippen LogP contribution in [0.2, 0.25) is 0 Å². The van der Waals surface area contributed by atoms with Gasteiger partial charge in [0.05, 0.1) is 44.1 Å². The second kappa shape index (κ2) is 13.4. The molecule has 4 aromatic heterocycles. The number of imidazole rings is 2. The average Bonchev–Trinajstić information content (AvgIpc) is 4.06. The van der Waals surface area contributed by atoms with Gasteiger partial charge in [0.15, 0.2) is 0 Å². The predicted octanol–water partition coefficient (Wildman–Crippen LogP) is 13.6. The molecule has 0 spiro atoms. The summed E-state index contributed by atoms with van der Waals surface area (Å²) in [5, 5.41) is 4.95. The third kappa shape index (κ3) is 5.13. The maximum Gasteiger partial charge on any atom is 0.141 e. The summed E-state index contributed by atoms with van der Waals surface area (Å²) in [7, 11) is 0. The van der Waals surface area contributed by atoms with Crippen LogP contribution >= 0.6 is 0 Å². The molecule has 0 saturated heterocycles. The van der Waals surface area contributed by atoms with Gasteiger partial charge in [-0.05, 0) is 134 Å². The van der Waals surface area contributed by atoms with Crippen molar-refractivity contribution < 1.29 is 0 Å². The zero-order valence-corrected chi connectivity index (χ0v) is 33.4. The van der Waals surface area contributed by atoms with Crippen molar-refractivity contribution in [1.82, 2.24) is 28.2 Å². The lowest BCUT2D eigenvalue weighted by atomic mass is 10.0. The first-order valence-electron chi connectivity index (χ1n) is 20.9. The van der Waals surface area contributed by atoms with Crippen molar-refractivity contribution >= 4 is 65.7 Å². The number of aromatic nitrogens is 6. The van der Waals surface area contributed by atoms with Crippen LogP contribution in [0.5, 0.6) is 0 Å². The van der Waals surface area contributed by atoms with Gasteiger partial charge in [0, 0.05) is 57.1 Å². The number of hydrogen-bond donors (Lipinski definition) is 0. The largest absolute Gasteiger partial charge is 0.324 e. The molecule has 0 radical (unpaired) electrons. The molecule has 0 N–H and O–H groups in total. The van der Waals surface area contributed by atoms with Crippen molar-refractivity contribution in [3.8, 4) is 45.3 Å². The van der Waals surface area contributed by atoms with E-state index in [4.69, 9.17) is 9.97 Å². The van der Waals surface area contributed by atoms with Crippen LogP contribution in [-0.4, -0.2) is 28.2 Å². The van der Waals surface area contributed by atoms with E-state index in [-0.39, 0.29) is 0 Å². The third-order valence-corrected chi connectivity index (χ3v) is 12.4. The fourth-order valence-electron chi connectivity index (χ4n) is 9.61. The number of rotatable bonds is 7. The summed E-state index contributed by atoms with van der Waals surface area (Å²) in [6, 6.07) is 65.9. The lowest BCUT2D eigenvalue weighted by Crippen LogP contribution is -1.98. The highest BCUT2D eigenvalue weighted by atomic mass is 15.1. The van der Waals surface area contributed by atoms with Gasteiger partial charge < -0.3 is 18.3 Å². The Hall–Kier alpha value is -7.70. The number of benzene rings is 8. The van der Waals surface area contributed by atoms with Gasteiger partial charge in [0.2, 0.25) is 0 Å². The Labute approximate surface area is 346 Å². The summed E-state index contributed by atoms with van der Waals surface area (Å²) in [6.45, 7) is 6.09. The molecule has 4 heterocycles. The van der Waals surface area contributed by atoms with E-state index < -0.39 is 0 Å². The van der Waals surface area contributed by atoms with Gasteiger partial charge in [-0.3, -0.25) is 0 Å². The van der Waals surface area contributed by atoms with Gasteiger partial charge in [-0.1, -0.05) is 72.8 Å². The van der Waals surface area contributed by atoms with Crippen LogP contribution in [0.25, 0.3) is 111 Å². The summed E-state index contributed by atoms with van der Waals surface area (Å²) < 4.78 is 9.37. The SMILES string of the molecule is CCn1c(-c2ccc(-n3c4ccccc4c4cc(-c5ccc6c(c5)c5ccccc5n6-c5ccc(-c6nc7ccccc7n6CC)cc5)ccc43)cc2)nc2ccccc21. The molecule has 0 bridgehead atoms. The molecule has 0 fully saturated rings. The molecule has 6 heteroatoms.